The molecule has 5 nitrogen and oxygen atoms in total. The predicted octanol–water partition coefficient (Wildman–Crippen LogP) is 1.58. The molecule has 1 aromatic heterocycles. The van der Waals surface area contributed by atoms with Gasteiger partial charge in [0.2, 0.25) is 0 Å². The summed E-state index contributed by atoms with van der Waals surface area (Å²) >= 11 is 0. The molecule has 0 atom stereocenters. The van der Waals surface area contributed by atoms with Crippen LogP contribution in [0.4, 0.5) is 0 Å². The summed E-state index contributed by atoms with van der Waals surface area (Å²) in [6.07, 6.45) is 3.81. The fourth-order valence-corrected chi connectivity index (χ4v) is 1.24. The van der Waals surface area contributed by atoms with E-state index < -0.39 is 0 Å². The monoisotopic (exact) mass is 218 g/mol. The maximum Gasteiger partial charge on any atom is 0.169 e. The first kappa shape index (κ1) is 10.2. The fourth-order valence-electron chi connectivity index (χ4n) is 1.24. The van der Waals surface area contributed by atoms with Crippen molar-refractivity contribution in [3.63, 3.8) is 0 Å². The Morgan fingerprint density at radius 2 is 2.25 bits per heavy atom. The number of rotatable bonds is 4. The average Bonchev–Trinajstić information content (AvgIpc) is 2.70. The summed E-state index contributed by atoms with van der Waals surface area (Å²) in [7, 11) is 0. The largest absolute Gasteiger partial charge is 0.504 e. The number of hydrogen-bond donors (Lipinski definition) is 1. The highest BCUT2D eigenvalue weighted by Gasteiger charge is 2.04. The van der Waals surface area contributed by atoms with Crippen LogP contribution in [0.3, 0.4) is 0 Å². The van der Waals surface area contributed by atoms with Gasteiger partial charge in [0.15, 0.2) is 17.2 Å². The number of aromatic hydroxyl groups is 1. The molecule has 5 heteroatoms. The second kappa shape index (κ2) is 4.48. The Morgan fingerprint density at radius 3 is 3.00 bits per heavy atom. The van der Waals surface area contributed by atoms with E-state index in [1.807, 2.05) is 0 Å². The molecule has 0 amide bonds. The SMILES string of the molecule is O=CCn1cc(Oc2ccccc2O)cn1. The Balaban J connectivity index is 2.14. The summed E-state index contributed by atoms with van der Waals surface area (Å²) in [5, 5.41) is 13.4. The number of para-hydroxylation sites is 2. The zero-order chi connectivity index (χ0) is 11.4. The van der Waals surface area contributed by atoms with E-state index in [-0.39, 0.29) is 12.3 Å². The van der Waals surface area contributed by atoms with Crippen LogP contribution < -0.4 is 4.74 Å². The molecule has 0 aliphatic carbocycles. The number of nitrogens with zero attached hydrogens (tertiary/aromatic N) is 2. The standard InChI is InChI=1S/C11H10N2O3/c14-6-5-13-8-9(7-12-13)16-11-4-2-1-3-10(11)15/h1-4,6-8,15H,5H2. The summed E-state index contributed by atoms with van der Waals surface area (Å²) < 4.78 is 6.83. The number of aldehydes is 1. The van der Waals surface area contributed by atoms with Crippen molar-refractivity contribution >= 4 is 6.29 Å². The van der Waals surface area contributed by atoms with Crippen molar-refractivity contribution in [1.29, 1.82) is 0 Å². The van der Waals surface area contributed by atoms with Crippen LogP contribution in [0.2, 0.25) is 0 Å². The number of aromatic nitrogens is 2. The van der Waals surface area contributed by atoms with Gasteiger partial charge >= 0.3 is 0 Å². The molecule has 82 valence electrons. The van der Waals surface area contributed by atoms with E-state index in [0.717, 1.165) is 6.29 Å². The maximum absolute atomic E-state index is 10.3. The van der Waals surface area contributed by atoms with Crippen LogP contribution in [0.15, 0.2) is 36.7 Å². The molecular weight excluding hydrogens is 208 g/mol. The lowest BCUT2D eigenvalue weighted by Crippen LogP contribution is -1.97. The summed E-state index contributed by atoms with van der Waals surface area (Å²) in [4.78, 5) is 10.3. The number of phenols is 1. The van der Waals surface area contributed by atoms with E-state index in [0.29, 0.717) is 11.5 Å². The van der Waals surface area contributed by atoms with Crippen molar-refractivity contribution in [2.45, 2.75) is 6.54 Å². The van der Waals surface area contributed by atoms with E-state index in [9.17, 15) is 9.90 Å². The Bertz CT molecular complexity index is 493. The van der Waals surface area contributed by atoms with Crippen molar-refractivity contribution in [2.75, 3.05) is 0 Å². The molecule has 2 rings (SSSR count). The van der Waals surface area contributed by atoms with Crippen molar-refractivity contribution in [1.82, 2.24) is 9.78 Å². The summed E-state index contributed by atoms with van der Waals surface area (Å²) in [5.41, 5.74) is 0. The lowest BCUT2D eigenvalue weighted by atomic mass is 10.3. The van der Waals surface area contributed by atoms with E-state index >= 15 is 0 Å². The molecule has 0 aliphatic rings. The molecule has 0 spiro atoms. The van der Waals surface area contributed by atoms with Gasteiger partial charge in [-0.3, -0.25) is 4.68 Å². The van der Waals surface area contributed by atoms with Gasteiger partial charge in [-0.25, -0.2) is 0 Å². The second-order valence-corrected chi connectivity index (χ2v) is 3.13. The Morgan fingerprint density at radius 1 is 1.44 bits per heavy atom. The van der Waals surface area contributed by atoms with Gasteiger partial charge in [0.05, 0.1) is 18.9 Å². The van der Waals surface area contributed by atoms with Crippen LogP contribution in [-0.4, -0.2) is 21.2 Å². The molecule has 0 fully saturated rings. The van der Waals surface area contributed by atoms with Crippen LogP contribution in [0, 0.1) is 0 Å². The zero-order valence-electron chi connectivity index (χ0n) is 8.41. The molecule has 1 heterocycles. The van der Waals surface area contributed by atoms with Crippen LogP contribution >= 0.6 is 0 Å². The zero-order valence-corrected chi connectivity index (χ0v) is 8.41. The summed E-state index contributed by atoms with van der Waals surface area (Å²) in [6, 6.07) is 6.64. The van der Waals surface area contributed by atoms with Gasteiger partial charge in [0.25, 0.3) is 0 Å². The number of ether oxygens (including phenoxy) is 1. The number of phenolic OH excluding ortho intramolecular Hbond substituents is 1. The number of hydrogen-bond acceptors (Lipinski definition) is 4. The molecule has 2 aromatic rings. The number of benzene rings is 1. The lowest BCUT2D eigenvalue weighted by molar-refractivity contribution is -0.108. The highest BCUT2D eigenvalue weighted by Crippen LogP contribution is 2.29. The maximum atomic E-state index is 10.3. The van der Waals surface area contributed by atoms with Gasteiger partial charge in [-0.1, -0.05) is 12.1 Å². The molecular formula is C11H10N2O3. The van der Waals surface area contributed by atoms with Gasteiger partial charge in [-0.05, 0) is 12.1 Å². The van der Waals surface area contributed by atoms with E-state index in [2.05, 4.69) is 5.10 Å². The van der Waals surface area contributed by atoms with Crippen molar-refractivity contribution < 1.29 is 14.6 Å². The third-order valence-corrected chi connectivity index (χ3v) is 1.96. The fraction of sp³-hybridized carbons (Fsp3) is 0.0909. The van der Waals surface area contributed by atoms with Crippen molar-refractivity contribution in [3.8, 4) is 17.2 Å². The molecule has 16 heavy (non-hydrogen) atoms. The molecule has 0 unspecified atom stereocenters. The summed E-state index contributed by atoms with van der Waals surface area (Å²) in [6.45, 7) is 0.185. The Hall–Kier alpha value is -2.30. The molecule has 1 N–H and O–H groups in total. The second-order valence-electron chi connectivity index (χ2n) is 3.13. The molecule has 0 saturated heterocycles. The van der Waals surface area contributed by atoms with Gasteiger partial charge in [0, 0.05) is 0 Å². The third kappa shape index (κ3) is 2.20. The highest BCUT2D eigenvalue weighted by molar-refractivity contribution is 5.49. The first-order valence-corrected chi connectivity index (χ1v) is 4.71. The van der Waals surface area contributed by atoms with Crippen LogP contribution in [-0.2, 0) is 11.3 Å². The van der Waals surface area contributed by atoms with E-state index in [1.54, 1.807) is 24.4 Å². The Labute approximate surface area is 91.9 Å². The smallest absolute Gasteiger partial charge is 0.169 e. The molecule has 0 bridgehead atoms. The first-order chi connectivity index (χ1) is 7.79. The quantitative estimate of drug-likeness (QED) is 0.791. The van der Waals surface area contributed by atoms with Crippen molar-refractivity contribution in [3.05, 3.63) is 36.7 Å². The van der Waals surface area contributed by atoms with Crippen LogP contribution in [0.25, 0.3) is 0 Å². The first-order valence-electron chi connectivity index (χ1n) is 4.71. The summed E-state index contributed by atoms with van der Waals surface area (Å²) in [5.74, 6) is 0.891. The number of carbonyl (C=O) groups excluding carboxylic acids is 1. The molecule has 0 radical (unpaired) electrons. The number of carbonyl (C=O) groups is 1. The Kier molecular flexibility index (Phi) is 2.86. The minimum absolute atomic E-state index is 0.0608. The third-order valence-electron chi connectivity index (χ3n) is 1.96. The average molecular weight is 218 g/mol. The lowest BCUT2D eigenvalue weighted by Gasteiger charge is -2.03. The molecule has 0 aliphatic heterocycles. The highest BCUT2D eigenvalue weighted by atomic mass is 16.5. The van der Waals surface area contributed by atoms with Crippen LogP contribution in [0.1, 0.15) is 0 Å². The molecule has 0 saturated carbocycles. The predicted molar refractivity (Wildman–Crippen MR) is 56.5 cm³/mol. The minimum Gasteiger partial charge on any atom is -0.504 e. The van der Waals surface area contributed by atoms with E-state index in [4.69, 9.17) is 4.74 Å². The van der Waals surface area contributed by atoms with Gasteiger partial charge in [-0.2, -0.15) is 5.10 Å². The minimum atomic E-state index is 0.0608. The normalized spacial score (nSPS) is 10.0. The van der Waals surface area contributed by atoms with Crippen molar-refractivity contribution in [2.24, 2.45) is 0 Å². The van der Waals surface area contributed by atoms with Crippen LogP contribution in [0.5, 0.6) is 17.2 Å². The topological polar surface area (TPSA) is 64.3 Å². The van der Waals surface area contributed by atoms with E-state index in [1.165, 1.54) is 16.9 Å². The van der Waals surface area contributed by atoms with Gasteiger partial charge < -0.3 is 14.6 Å². The van der Waals surface area contributed by atoms with Gasteiger partial charge in [-0.15, -0.1) is 0 Å². The molecule has 1 aromatic carbocycles. The van der Waals surface area contributed by atoms with Gasteiger partial charge in [0.1, 0.15) is 6.29 Å².